The average molecular weight is 392 g/mol. The van der Waals surface area contributed by atoms with Gasteiger partial charge >= 0.3 is 5.97 Å². The fourth-order valence-corrected chi connectivity index (χ4v) is 2.44. The summed E-state index contributed by atoms with van der Waals surface area (Å²) in [7, 11) is 3.31. The quantitative estimate of drug-likeness (QED) is 0.459. The number of amides is 1. The van der Waals surface area contributed by atoms with Gasteiger partial charge in [-0.3, -0.25) is 14.9 Å². The van der Waals surface area contributed by atoms with E-state index < -0.39 is 22.9 Å². The van der Waals surface area contributed by atoms with Gasteiger partial charge < -0.3 is 15.0 Å². The van der Waals surface area contributed by atoms with Crippen molar-refractivity contribution in [2.45, 2.75) is 13.0 Å². The second-order valence-corrected chi connectivity index (χ2v) is 6.28. The lowest BCUT2D eigenvalue weighted by atomic mass is 10.1. The van der Waals surface area contributed by atoms with Crippen LogP contribution in [0.3, 0.4) is 0 Å². The van der Waals surface area contributed by atoms with E-state index in [1.807, 2.05) is 0 Å². The number of carbonyl (C=O) groups is 2. The van der Waals surface area contributed by atoms with E-state index in [0.29, 0.717) is 16.4 Å². The Morgan fingerprint density at radius 2 is 1.89 bits per heavy atom. The highest BCUT2D eigenvalue weighted by molar-refractivity contribution is 6.33. The molecule has 8 nitrogen and oxygen atoms in total. The van der Waals surface area contributed by atoms with Crippen LogP contribution in [-0.4, -0.2) is 37.0 Å². The van der Waals surface area contributed by atoms with Crippen molar-refractivity contribution in [1.82, 2.24) is 0 Å². The molecule has 1 amide bonds. The maximum atomic E-state index is 12.3. The van der Waals surface area contributed by atoms with Gasteiger partial charge in [-0.25, -0.2) is 4.79 Å². The van der Waals surface area contributed by atoms with Gasteiger partial charge in [0.1, 0.15) is 5.69 Å². The van der Waals surface area contributed by atoms with Crippen LogP contribution in [0.25, 0.3) is 0 Å². The molecule has 0 saturated carbocycles. The van der Waals surface area contributed by atoms with E-state index in [1.54, 1.807) is 43.3 Å². The number of para-hydroxylation sites is 1. The highest BCUT2D eigenvalue weighted by Gasteiger charge is 2.23. The van der Waals surface area contributed by atoms with Crippen molar-refractivity contribution >= 4 is 40.5 Å². The number of ether oxygens (including phenoxy) is 1. The molecule has 0 saturated heterocycles. The Morgan fingerprint density at radius 3 is 2.48 bits per heavy atom. The molecule has 0 radical (unpaired) electrons. The molecule has 2 rings (SSSR count). The zero-order valence-electron chi connectivity index (χ0n) is 14.9. The van der Waals surface area contributed by atoms with Crippen LogP contribution in [0.5, 0.6) is 0 Å². The number of nitro groups is 1. The molecule has 0 unspecified atom stereocenters. The SMILES string of the molecule is C[C@@H](OC(=O)c1ccc(N(C)C)c([N+](=O)[O-])c1)C(=O)Nc1ccccc1Cl. The summed E-state index contributed by atoms with van der Waals surface area (Å²) in [5, 5.41) is 14.1. The normalized spacial score (nSPS) is 11.4. The molecule has 0 aliphatic heterocycles. The molecule has 9 heteroatoms. The molecule has 0 spiro atoms. The summed E-state index contributed by atoms with van der Waals surface area (Å²) in [5.41, 5.74) is 0.478. The van der Waals surface area contributed by atoms with Crippen molar-refractivity contribution in [3.8, 4) is 0 Å². The molecule has 0 aliphatic rings. The smallest absolute Gasteiger partial charge is 0.339 e. The van der Waals surface area contributed by atoms with Gasteiger partial charge in [-0.05, 0) is 31.2 Å². The standard InChI is InChI=1S/C18H18ClN3O5/c1-11(17(23)20-14-7-5-4-6-13(14)19)27-18(24)12-8-9-15(21(2)3)16(10-12)22(25)26/h4-11H,1-3H3,(H,20,23)/t11-/m1/s1. The molecule has 0 aromatic heterocycles. The van der Waals surface area contributed by atoms with Crippen LogP contribution in [0, 0.1) is 10.1 Å². The van der Waals surface area contributed by atoms with E-state index in [1.165, 1.54) is 19.1 Å². The molecule has 1 N–H and O–H groups in total. The average Bonchev–Trinajstić information content (AvgIpc) is 2.62. The number of rotatable bonds is 6. The van der Waals surface area contributed by atoms with Gasteiger partial charge in [0.05, 0.1) is 21.2 Å². The van der Waals surface area contributed by atoms with Crippen LogP contribution in [0.4, 0.5) is 17.1 Å². The third kappa shape index (κ3) is 4.95. The monoisotopic (exact) mass is 391 g/mol. The van der Waals surface area contributed by atoms with E-state index in [0.717, 1.165) is 6.07 Å². The van der Waals surface area contributed by atoms with Gasteiger partial charge in [-0.15, -0.1) is 0 Å². The lowest BCUT2D eigenvalue weighted by Crippen LogP contribution is -2.30. The van der Waals surface area contributed by atoms with Crippen LogP contribution in [0.1, 0.15) is 17.3 Å². The lowest BCUT2D eigenvalue weighted by molar-refractivity contribution is -0.384. The zero-order valence-corrected chi connectivity index (χ0v) is 15.7. The fraction of sp³-hybridized carbons (Fsp3) is 0.222. The van der Waals surface area contributed by atoms with Gasteiger partial charge in [0.25, 0.3) is 11.6 Å². The molecule has 0 heterocycles. The number of anilines is 2. The highest BCUT2D eigenvalue weighted by Crippen LogP contribution is 2.28. The first-order valence-electron chi connectivity index (χ1n) is 7.93. The Hall–Kier alpha value is -3.13. The Morgan fingerprint density at radius 1 is 1.22 bits per heavy atom. The summed E-state index contributed by atoms with van der Waals surface area (Å²) >= 11 is 5.97. The highest BCUT2D eigenvalue weighted by atomic mass is 35.5. The van der Waals surface area contributed by atoms with Crippen LogP contribution in [0.2, 0.25) is 5.02 Å². The largest absolute Gasteiger partial charge is 0.449 e. The predicted octanol–water partition coefficient (Wildman–Crippen LogP) is 3.50. The number of nitrogens with zero attached hydrogens (tertiary/aromatic N) is 2. The lowest BCUT2D eigenvalue weighted by Gasteiger charge is -2.15. The van der Waals surface area contributed by atoms with Crippen molar-refractivity contribution < 1.29 is 19.2 Å². The van der Waals surface area contributed by atoms with Crippen molar-refractivity contribution in [3.63, 3.8) is 0 Å². The molecular weight excluding hydrogens is 374 g/mol. The molecule has 142 valence electrons. The predicted molar refractivity (Wildman–Crippen MR) is 102 cm³/mol. The number of nitrogens with one attached hydrogen (secondary N) is 1. The maximum absolute atomic E-state index is 12.3. The summed E-state index contributed by atoms with van der Waals surface area (Å²) in [6, 6.07) is 10.6. The summed E-state index contributed by atoms with van der Waals surface area (Å²) in [6.45, 7) is 1.40. The first kappa shape index (κ1) is 20.2. The first-order chi connectivity index (χ1) is 12.7. The van der Waals surface area contributed by atoms with Gasteiger partial charge in [-0.2, -0.15) is 0 Å². The van der Waals surface area contributed by atoms with Crippen molar-refractivity contribution in [2.75, 3.05) is 24.3 Å². The van der Waals surface area contributed by atoms with Crippen molar-refractivity contribution in [3.05, 3.63) is 63.2 Å². The minimum Gasteiger partial charge on any atom is -0.449 e. The van der Waals surface area contributed by atoms with E-state index >= 15 is 0 Å². The van der Waals surface area contributed by atoms with Gasteiger partial charge in [-0.1, -0.05) is 23.7 Å². The minimum absolute atomic E-state index is 0.0234. The van der Waals surface area contributed by atoms with Crippen LogP contribution < -0.4 is 10.2 Å². The van der Waals surface area contributed by atoms with Gasteiger partial charge in [0.2, 0.25) is 0 Å². The first-order valence-corrected chi connectivity index (χ1v) is 8.30. The number of halogens is 1. The van der Waals surface area contributed by atoms with Crippen LogP contribution in [0.15, 0.2) is 42.5 Å². The second-order valence-electron chi connectivity index (χ2n) is 5.87. The Balaban J connectivity index is 2.12. The number of nitro benzene ring substituents is 1. The molecule has 2 aromatic rings. The van der Waals surface area contributed by atoms with Crippen molar-refractivity contribution in [2.24, 2.45) is 0 Å². The van der Waals surface area contributed by atoms with Crippen LogP contribution in [-0.2, 0) is 9.53 Å². The van der Waals surface area contributed by atoms with Gasteiger partial charge in [0, 0.05) is 20.2 Å². The maximum Gasteiger partial charge on any atom is 0.339 e. The molecule has 1 atom stereocenters. The Labute approximate surface area is 160 Å². The fourth-order valence-electron chi connectivity index (χ4n) is 2.25. The molecule has 0 fully saturated rings. The summed E-state index contributed by atoms with van der Waals surface area (Å²) in [6.07, 6.45) is -1.12. The molecule has 2 aromatic carbocycles. The molecular formula is C18H18ClN3O5. The number of carbonyl (C=O) groups excluding carboxylic acids is 2. The van der Waals surface area contributed by atoms with E-state index in [9.17, 15) is 19.7 Å². The topological polar surface area (TPSA) is 102 Å². The number of hydrogen-bond donors (Lipinski definition) is 1. The Kier molecular flexibility index (Phi) is 6.36. The van der Waals surface area contributed by atoms with E-state index in [2.05, 4.69) is 5.32 Å². The number of esters is 1. The summed E-state index contributed by atoms with van der Waals surface area (Å²) < 4.78 is 5.12. The third-order valence-electron chi connectivity index (χ3n) is 3.67. The third-order valence-corrected chi connectivity index (χ3v) is 4.00. The van der Waals surface area contributed by atoms with Crippen molar-refractivity contribution in [1.29, 1.82) is 0 Å². The second kappa shape index (κ2) is 8.50. The number of hydrogen-bond acceptors (Lipinski definition) is 6. The summed E-state index contributed by atoms with van der Waals surface area (Å²) in [5.74, 6) is -1.42. The van der Waals surface area contributed by atoms with Crippen LogP contribution >= 0.6 is 11.6 Å². The van der Waals surface area contributed by atoms with Gasteiger partial charge in [0.15, 0.2) is 6.10 Å². The Bertz CT molecular complexity index is 885. The van der Waals surface area contributed by atoms with E-state index in [4.69, 9.17) is 16.3 Å². The molecule has 0 bridgehead atoms. The minimum atomic E-state index is -1.12. The zero-order chi connectivity index (χ0) is 20.1. The van der Waals surface area contributed by atoms with E-state index in [-0.39, 0.29) is 11.3 Å². The number of benzene rings is 2. The molecule has 27 heavy (non-hydrogen) atoms. The summed E-state index contributed by atoms with van der Waals surface area (Å²) in [4.78, 5) is 36.7. The molecule has 0 aliphatic carbocycles.